The summed E-state index contributed by atoms with van der Waals surface area (Å²) in [4.78, 5) is 25.5. The highest BCUT2D eigenvalue weighted by molar-refractivity contribution is 7.85. The lowest BCUT2D eigenvalue weighted by Gasteiger charge is -2.33. The Morgan fingerprint density at radius 2 is 1.59 bits per heavy atom. The van der Waals surface area contributed by atoms with Crippen molar-refractivity contribution < 1.29 is 31.7 Å². The van der Waals surface area contributed by atoms with Crippen LogP contribution in [0.15, 0.2) is 48.5 Å². The van der Waals surface area contributed by atoms with Gasteiger partial charge in [-0.1, -0.05) is 48.5 Å². The zero-order valence-corrected chi connectivity index (χ0v) is 18.9. The zero-order valence-electron chi connectivity index (χ0n) is 18.1. The Balaban J connectivity index is 1.56. The lowest BCUT2D eigenvalue weighted by atomic mass is 9.98. The number of ether oxygens (including phenoxy) is 2. The van der Waals surface area contributed by atoms with E-state index in [9.17, 15) is 18.0 Å². The molecular formula is C23H25NO7S. The molecule has 2 aromatic carbocycles. The lowest BCUT2D eigenvalue weighted by Crippen LogP contribution is -2.54. The van der Waals surface area contributed by atoms with Crippen molar-refractivity contribution in [2.45, 2.75) is 44.8 Å². The van der Waals surface area contributed by atoms with Crippen molar-refractivity contribution in [3.8, 4) is 11.1 Å². The summed E-state index contributed by atoms with van der Waals surface area (Å²) < 4.78 is 40.9. The standard InChI is InChI=1S/C23H25NO7S/c1-23(2,3)31-21(25)20-12-13-30-32(27,28)24(20)22(26)29-14-19-17-10-6-4-8-15(17)16-9-5-7-11-18(16)19/h4-11,19-20H,12-14H2,1-3H3/t20-/m0/s1. The number of carbonyl (C=O) groups is 2. The first kappa shape index (κ1) is 22.3. The van der Waals surface area contributed by atoms with Gasteiger partial charge in [-0.15, -0.1) is 0 Å². The molecular weight excluding hydrogens is 434 g/mol. The fourth-order valence-electron chi connectivity index (χ4n) is 4.05. The van der Waals surface area contributed by atoms with E-state index in [1.165, 1.54) is 0 Å². The predicted octanol–water partition coefficient (Wildman–Crippen LogP) is 3.61. The molecule has 2 aromatic rings. The van der Waals surface area contributed by atoms with Crippen LogP contribution < -0.4 is 0 Å². The third-order valence-electron chi connectivity index (χ3n) is 5.34. The SMILES string of the molecule is CC(C)(C)OC(=O)[C@@H]1CCOS(=O)(=O)N1C(=O)OCC1c2ccccc2-c2ccccc21. The summed E-state index contributed by atoms with van der Waals surface area (Å²) in [6, 6.07) is 14.2. The van der Waals surface area contributed by atoms with E-state index in [2.05, 4.69) is 0 Å². The minimum Gasteiger partial charge on any atom is -0.458 e. The smallest absolute Gasteiger partial charge is 0.426 e. The molecule has 9 heteroatoms. The van der Waals surface area contributed by atoms with Crippen LogP contribution in [0.1, 0.15) is 44.2 Å². The third kappa shape index (κ3) is 4.22. The van der Waals surface area contributed by atoms with Crippen LogP contribution in [-0.2, 0) is 28.8 Å². The Morgan fingerprint density at radius 3 is 2.16 bits per heavy atom. The van der Waals surface area contributed by atoms with Gasteiger partial charge in [-0.3, -0.25) is 4.18 Å². The van der Waals surface area contributed by atoms with E-state index in [4.69, 9.17) is 13.7 Å². The van der Waals surface area contributed by atoms with Crippen LogP contribution in [0.5, 0.6) is 0 Å². The van der Waals surface area contributed by atoms with Crippen LogP contribution in [-0.4, -0.2) is 49.6 Å². The Hall–Kier alpha value is -2.91. The van der Waals surface area contributed by atoms with E-state index in [1.807, 2.05) is 48.5 Å². The van der Waals surface area contributed by atoms with Gasteiger partial charge in [0.2, 0.25) is 0 Å². The molecule has 4 rings (SSSR count). The summed E-state index contributed by atoms with van der Waals surface area (Å²) in [5, 5.41) is 0. The topological polar surface area (TPSA) is 99.2 Å². The van der Waals surface area contributed by atoms with Crippen LogP contribution in [0.25, 0.3) is 11.1 Å². The summed E-state index contributed by atoms with van der Waals surface area (Å²) in [5.74, 6) is -1.07. The number of carbonyl (C=O) groups excluding carboxylic acids is 2. The Morgan fingerprint density at radius 1 is 1.03 bits per heavy atom. The molecule has 170 valence electrons. The number of rotatable bonds is 3. The van der Waals surface area contributed by atoms with Crippen molar-refractivity contribution in [1.82, 2.24) is 4.31 Å². The van der Waals surface area contributed by atoms with Crippen LogP contribution in [0.3, 0.4) is 0 Å². The van der Waals surface area contributed by atoms with Gasteiger partial charge in [0.1, 0.15) is 12.2 Å². The molecule has 2 aliphatic rings. The molecule has 1 saturated heterocycles. The van der Waals surface area contributed by atoms with E-state index in [0.29, 0.717) is 4.31 Å². The minimum absolute atomic E-state index is 0.0155. The first-order valence-corrected chi connectivity index (χ1v) is 11.7. The molecule has 8 nitrogen and oxygen atoms in total. The van der Waals surface area contributed by atoms with Crippen LogP contribution in [0.4, 0.5) is 4.79 Å². The second kappa shape index (κ2) is 8.22. The molecule has 1 fully saturated rings. The van der Waals surface area contributed by atoms with E-state index < -0.39 is 34.0 Å². The molecule has 1 atom stereocenters. The average molecular weight is 460 g/mol. The number of hydrogen-bond donors (Lipinski definition) is 0. The van der Waals surface area contributed by atoms with Gasteiger partial charge in [0.15, 0.2) is 6.04 Å². The molecule has 0 spiro atoms. The third-order valence-corrected chi connectivity index (χ3v) is 6.69. The van der Waals surface area contributed by atoms with Crippen molar-refractivity contribution in [1.29, 1.82) is 0 Å². The van der Waals surface area contributed by atoms with Crippen LogP contribution >= 0.6 is 0 Å². The molecule has 1 aliphatic heterocycles. The normalized spacial score (nSPS) is 19.7. The second-order valence-electron chi connectivity index (χ2n) is 8.72. The number of benzene rings is 2. The number of fused-ring (bicyclic) bond motifs is 3. The number of hydrogen-bond acceptors (Lipinski definition) is 7. The summed E-state index contributed by atoms with van der Waals surface area (Å²) in [6.07, 6.45) is -1.18. The highest BCUT2D eigenvalue weighted by atomic mass is 32.2. The number of esters is 1. The summed E-state index contributed by atoms with van der Waals surface area (Å²) in [5.41, 5.74) is 3.23. The van der Waals surface area contributed by atoms with Gasteiger partial charge in [-0.2, -0.15) is 12.7 Å². The Bertz CT molecular complexity index is 1110. The minimum atomic E-state index is -4.48. The van der Waals surface area contributed by atoms with E-state index in [0.717, 1.165) is 22.3 Å². The molecule has 1 aliphatic carbocycles. The quantitative estimate of drug-likeness (QED) is 0.647. The van der Waals surface area contributed by atoms with E-state index in [-0.39, 0.29) is 25.6 Å². The molecule has 0 radical (unpaired) electrons. The first-order chi connectivity index (χ1) is 15.1. The summed E-state index contributed by atoms with van der Waals surface area (Å²) in [6.45, 7) is 4.68. The van der Waals surface area contributed by atoms with E-state index >= 15 is 0 Å². The van der Waals surface area contributed by atoms with Crippen LogP contribution in [0, 0.1) is 0 Å². The fraction of sp³-hybridized carbons (Fsp3) is 0.391. The molecule has 0 saturated carbocycles. The summed E-state index contributed by atoms with van der Waals surface area (Å²) in [7, 11) is -4.48. The van der Waals surface area contributed by atoms with Gasteiger partial charge in [0, 0.05) is 12.3 Å². The molecule has 0 bridgehead atoms. The fourth-order valence-corrected chi connectivity index (χ4v) is 5.21. The van der Waals surface area contributed by atoms with Crippen molar-refractivity contribution in [2.75, 3.05) is 13.2 Å². The highest BCUT2D eigenvalue weighted by Gasteiger charge is 2.46. The molecule has 0 unspecified atom stereocenters. The maximum Gasteiger partial charge on any atom is 0.426 e. The van der Waals surface area contributed by atoms with Gasteiger partial charge >= 0.3 is 22.4 Å². The average Bonchev–Trinajstić information content (AvgIpc) is 3.04. The largest absolute Gasteiger partial charge is 0.458 e. The Labute approximate surface area is 187 Å². The first-order valence-electron chi connectivity index (χ1n) is 10.3. The molecule has 1 heterocycles. The van der Waals surface area contributed by atoms with Crippen molar-refractivity contribution >= 4 is 22.4 Å². The summed E-state index contributed by atoms with van der Waals surface area (Å²) >= 11 is 0. The number of nitrogens with zero attached hydrogens (tertiary/aromatic N) is 1. The van der Waals surface area contributed by atoms with Gasteiger partial charge in [0.25, 0.3) is 0 Å². The predicted molar refractivity (Wildman–Crippen MR) is 116 cm³/mol. The Kier molecular flexibility index (Phi) is 5.72. The maximum absolute atomic E-state index is 12.9. The zero-order chi connectivity index (χ0) is 23.1. The van der Waals surface area contributed by atoms with Crippen molar-refractivity contribution in [3.05, 3.63) is 59.7 Å². The number of amides is 1. The van der Waals surface area contributed by atoms with E-state index in [1.54, 1.807) is 20.8 Å². The lowest BCUT2D eigenvalue weighted by molar-refractivity contribution is -0.160. The van der Waals surface area contributed by atoms with Gasteiger partial charge in [0.05, 0.1) is 6.61 Å². The molecule has 32 heavy (non-hydrogen) atoms. The molecule has 1 amide bonds. The van der Waals surface area contributed by atoms with Gasteiger partial charge in [-0.25, -0.2) is 9.59 Å². The molecule has 0 N–H and O–H groups in total. The van der Waals surface area contributed by atoms with Crippen LogP contribution in [0.2, 0.25) is 0 Å². The maximum atomic E-state index is 12.9. The van der Waals surface area contributed by atoms with Gasteiger partial charge in [-0.05, 0) is 43.0 Å². The van der Waals surface area contributed by atoms with Crippen molar-refractivity contribution in [2.24, 2.45) is 0 Å². The van der Waals surface area contributed by atoms with Crippen molar-refractivity contribution in [3.63, 3.8) is 0 Å². The second-order valence-corrected chi connectivity index (χ2v) is 10.2. The monoisotopic (exact) mass is 459 g/mol. The highest BCUT2D eigenvalue weighted by Crippen LogP contribution is 2.44. The molecule has 0 aromatic heterocycles. The van der Waals surface area contributed by atoms with Gasteiger partial charge < -0.3 is 9.47 Å².